The molecule has 1 atom stereocenters. The molecule has 0 aliphatic heterocycles. The molecule has 0 heterocycles. The number of hydrogen-bond donors (Lipinski definition) is 2. The summed E-state index contributed by atoms with van der Waals surface area (Å²) in [6, 6.07) is 16.5. The first-order valence-corrected chi connectivity index (χ1v) is 9.05. The van der Waals surface area contributed by atoms with Gasteiger partial charge in [-0.05, 0) is 43.5 Å². The number of nitrogens with one attached hydrogen (secondary N) is 1. The number of nitrogens with two attached hydrogens (primary N) is 1. The van der Waals surface area contributed by atoms with Crippen LogP contribution < -0.4 is 16.1 Å². The molecular formula is C20H24N4O4. The zero-order valence-corrected chi connectivity index (χ0v) is 15.5. The second-order valence-corrected chi connectivity index (χ2v) is 6.11. The van der Waals surface area contributed by atoms with Gasteiger partial charge in [-0.15, -0.1) is 4.91 Å². The molecule has 2 aromatic carbocycles. The molecule has 2 aromatic rings. The molecule has 0 radical (unpaired) electrons. The van der Waals surface area contributed by atoms with Crippen molar-refractivity contribution in [1.82, 2.24) is 5.32 Å². The second-order valence-electron chi connectivity index (χ2n) is 6.11. The summed E-state index contributed by atoms with van der Waals surface area (Å²) >= 11 is 0. The lowest BCUT2D eigenvalue weighted by Crippen LogP contribution is -2.47. The number of ether oxygens (including phenoxy) is 1. The quantitative estimate of drug-likeness (QED) is 0.371. The number of nitrogens with zero attached hydrogens (tertiary/aromatic N) is 2. The molecule has 8 nitrogen and oxygen atoms in total. The molecule has 0 aliphatic carbocycles. The molecule has 0 spiro atoms. The lowest BCUT2D eigenvalue weighted by molar-refractivity contribution is -0.120. The Kier molecular flexibility index (Phi) is 8.61. The predicted molar refractivity (Wildman–Crippen MR) is 106 cm³/mol. The number of unbranched alkanes of at least 4 members (excludes halogenated alkanes) is 1. The Morgan fingerprint density at radius 1 is 1.04 bits per heavy atom. The van der Waals surface area contributed by atoms with Gasteiger partial charge in [0.1, 0.15) is 12.6 Å². The van der Waals surface area contributed by atoms with Gasteiger partial charge >= 0.3 is 6.09 Å². The highest BCUT2D eigenvalue weighted by Crippen LogP contribution is 2.17. The van der Waals surface area contributed by atoms with E-state index in [2.05, 4.69) is 10.6 Å². The van der Waals surface area contributed by atoms with Crippen molar-refractivity contribution in [2.24, 2.45) is 11.0 Å². The van der Waals surface area contributed by atoms with Crippen LogP contribution in [-0.2, 0) is 16.1 Å². The Hall–Kier alpha value is -3.26. The molecule has 0 aliphatic rings. The molecular weight excluding hydrogens is 360 g/mol. The third-order valence-electron chi connectivity index (χ3n) is 4.04. The summed E-state index contributed by atoms with van der Waals surface area (Å²) in [5.74, 6) is -0.630. The van der Waals surface area contributed by atoms with E-state index >= 15 is 0 Å². The predicted octanol–water partition coefficient (Wildman–Crippen LogP) is 3.13. The van der Waals surface area contributed by atoms with Crippen LogP contribution in [0.25, 0.3) is 0 Å². The molecule has 0 fully saturated rings. The van der Waals surface area contributed by atoms with Crippen LogP contribution in [0.15, 0.2) is 65.9 Å². The summed E-state index contributed by atoms with van der Waals surface area (Å²) in [5.41, 5.74) is 6.65. The summed E-state index contributed by atoms with van der Waals surface area (Å²) in [5, 5.41) is 6.10. The summed E-state index contributed by atoms with van der Waals surface area (Å²) in [6.45, 7) is 0.540. The van der Waals surface area contributed by atoms with E-state index in [1.54, 1.807) is 30.3 Å². The lowest BCUT2D eigenvalue weighted by Gasteiger charge is -2.22. The van der Waals surface area contributed by atoms with Gasteiger partial charge in [0, 0.05) is 0 Å². The monoisotopic (exact) mass is 384 g/mol. The first-order valence-electron chi connectivity index (χ1n) is 9.05. The topological polar surface area (TPSA) is 114 Å². The van der Waals surface area contributed by atoms with E-state index in [-0.39, 0.29) is 6.61 Å². The van der Waals surface area contributed by atoms with E-state index in [0.29, 0.717) is 31.5 Å². The molecule has 148 valence electrons. The molecule has 0 bridgehead atoms. The molecule has 8 heteroatoms. The third-order valence-corrected chi connectivity index (χ3v) is 4.04. The van der Waals surface area contributed by atoms with Gasteiger partial charge in [-0.3, -0.25) is 4.79 Å². The Morgan fingerprint density at radius 2 is 1.68 bits per heavy atom. The number of hydrogen-bond acceptors (Lipinski definition) is 6. The fourth-order valence-corrected chi connectivity index (χ4v) is 2.59. The Morgan fingerprint density at radius 3 is 2.29 bits per heavy atom. The van der Waals surface area contributed by atoms with Crippen molar-refractivity contribution in [3.8, 4) is 0 Å². The number of rotatable bonds is 10. The van der Waals surface area contributed by atoms with Gasteiger partial charge in [-0.1, -0.05) is 48.5 Å². The van der Waals surface area contributed by atoms with Crippen molar-refractivity contribution in [3.05, 3.63) is 71.1 Å². The lowest BCUT2D eigenvalue weighted by atomic mass is 10.1. The van der Waals surface area contributed by atoms with Gasteiger partial charge in [0.15, 0.2) is 0 Å². The zero-order chi connectivity index (χ0) is 20.2. The minimum atomic E-state index is -0.951. The van der Waals surface area contributed by atoms with E-state index in [0.717, 1.165) is 10.6 Å². The van der Waals surface area contributed by atoms with E-state index in [1.807, 2.05) is 30.3 Å². The van der Waals surface area contributed by atoms with Gasteiger partial charge in [0.05, 0.1) is 11.0 Å². The number of carbonyl (C=O) groups excluding carboxylic acids is 2. The highest BCUT2D eigenvalue weighted by molar-refractivity contribution is 5.98. The molecule has 28 heavy (non-hydrogen) atoms. The summed E-state index contributed by atoms with van der Waals surface area (Å²) in [4.78, 5) is 36.3. The first kappa shape index (κ1) is 21.0. The number of nitroso groups, excluding NO2 is 1. The number of benzene rings is 2. The Balaban J connectivity index is 2.03. The molecule has 3 N–H and O–H groups in total. The number of amides is 2. The number of alkyl carbamates (subject to hydrolysis) is 1. The number of carbonyl (C=O) groups is 2. The Labute approximate surface area is 163 Å². The van der Waals surface area contributed by atoms with Crippen LogP contribution in [0, 0.1) is 4.91 Å². The van der Waals surface area contributed by atoms with Crippen molar-refractivity contribution in [3.63, 3.8) is 0 Å². The van der Waals surface area contributed by atoms with Crippen molar-refractivity contribution in [2.45, 2.75) is 31.9 Å². The van der Waals surface area contributed by atoms with Crippen LogP contribution in [-0.4, -0.2) is 24.6 Å². The first-order chi connectivity index (χ1) is 13.7. The van der Waals surface area contributed by atoms with Gasteiger partial charge in [0.25, 0.3) is 5.91 Å². The molecule has 0 saturated carbocycles. The standard InChI is InChI=1S/C20H24N4O4/c21-14-8-7-13-18(19(25)24(23-27)17-11-5-2-6-12-17)22-20(26)28-15-16-9-3-1-4-10-16/h1-6,9-12,18H,7-8,13-15,21H2,(H,22,26)/t18-/m0/s1. The van der Waals surface area contributed by atoms with Crippen LogP contribution >= 0.6 is 0 Å². The fourth-order valence-electron chi connectivity index (χ4n) is 2.59. The van der Waals surface area contributed by atoms with Crippen molar-refractivity contribution >= 4 is 17.7 Å². The maximum absolute atomic E-state index is 12.8. The summed E-state index contributed by atoms with van der Waals surface area (Å²) in [6.07, 6.45) is 0.862. The third kappa shape index (κ3) is 6.48. The van der Waals surface area contributed by atoms with Crippen LogP contribution in [0.2, 0.25) is 0 Å². The number of para-hydroxylation sites is 1. The molecule has 0 aromatic heterocycles. The van der Waals surface area contributed by atoms with E-state index < -0.39 is 18.0 Å². The average Bonchev–Trinajstić information content (AvgIpc) is 2.73. The maximum Gasteiger partial charge on any atom is 0.408 e. The summed E-state index contributed by atoms with van der Waals surface area (Å²) in [7, 11) is 0. The van der Waals surface area contributed by atoms with Crippen LogP contribution in [0.4, 0.5) is 10.5 Å². The Bertz CT molecular complexity index is 755. The average molecular weight is 384 g/mol. The molecule has 2 amide bonds. The van der Waals surface area contributed by atoms with Crippen molar-refractivity contribution in [2.75, 3.05) is 11.6 Å². The maximum atomic E-state index is 12.8. The molecule has 0 unspecified atom stereocenters. The zero-order valence-electron chi connectivity index (χ0n) is 15.5. The van der Waals surface area contributed by atoms with Gasteiger partial charge in [-0.25, -0.2) is 4.79 Å². The van der Waals surface area contributed by atoms with Crippen molar-refractivity contribution < 1.29 is 14.3 Å². The highest BCUT2D eigenvalue weighted by Gasteiger charge is 2.28. The SMILES string of the molecule is NCCCC[C@H](NC(=O)OCc1ccccc1)C(=O)N(N=O)c1ccccc1. The second kappa shape index (κ2) is 11.5. The molecule has 0 saturated heterocycles. The van der Waals surface area contributed by atoms with Gasteiger partial charge < -0.3 is 15.8 Å². The minimum Gasteiger partial charge on any atom is -0.445 e. The van der Waals surface area contributed by atoms with Crippen LogP contribution in [0.5, 0.6) is 0 Å². The van der Waals surface area contributed by atoms with Gasteiger partial charge in [0.2, 0.25) is 0 Å². The van der Waals surface area contributed by atoms with E-state index in [4.69, 9.17) is 10.5 Å². The summed E-state index contributed by atoms with van der Waals surface area (Å²) < 4.78 is 5.18. The largest absolute Gasteiger partial charge is 0.445 e. The van der Waals surface area contributed by atoms with E-state index in [9.17, 15) is 14.5 Å². The normalized spacial score (nSPS) is 11.3. The molecule has 2 rings (SSSR count). The van der Waals surface area contributed by atoms with E-state index in [1.165, 1.54) is 0 Å². The minimum absolute atomic E-state index is 0.0741. The smallest absolute Gasteiger partial charge is 0.408 e. The number of anilines is 1. The van der Waals surface area contributed by atoms with Gasteiger partial charge in [-0.2, -0.15) is 5.01 Å². The fraction of sp³-hybridized carbons (Fsp3) is 0.300. The van der Waals surface area contributed by atoms with Crippen LogP contribution in [0.1, 0.15) is 24.8 Å². The van der Waals surface area contributed by atoms with Crippen molar-refractivity contribution in [1.29, 1.82) is 0 Å². The van der Waals surface area contributed by atoms with Crippen LogP contribution in [0.3, 0.4) is 0 Å². The highest BCUT2D eigenvalue weighted by atomic mass is 16.5.